The quantitative estimate of drug-likeness (QED) is 0.205. The van der Waals surface area contributed by atoms with Crippen molar-refractivity contribution in [3.63, 3.8) is 0 Å². The maximum Gasteiger partial charge on any atom is 0.162 e. The predicted octanol–water partition coefficient (Wildman–Crippen LogP) is 10.1. The normalized spacial score (nSPS) is 12.0. The van der Waals surface area contributed by atoms with E-state index in [2.05, 4.69) is 129 Å². The van der Waals surface area contributed by atoms with Gasteiger partial charge in [-0.15, -0.1) is 11.3 Å². The summed E-state index contributed by atoms with van der Waals surface area (Å²) in [6.45, 7) is 0. The smallest absolute Gasteiger partial charge is 0.162 e. The van der Waals surface area contributed by atoms with Crippen LogP contribution in [-0.2, 0) is 0 Å². The number of aromatic nitrogens is 5. The average molecular weight is 594 g/mol. The first-order valence-corrected chi connectivity index (χ1v) is 15.8. The Morgan fingerprint density at radius 3 is 1.78 bits per heavy atom. The van der Waals surface area contributed by atoms with Crippen LogP contribution in [0.15, 0.2) is 140 Å². The van der Waals surface area contributed by atoms with Gasteiger partial charge in [0, 0.05) is 55.3 Å². The topological polar surface area (TPSA) is 48.5 Å². The monoisotopic (exact) mass is 593 g/mol. The third-order valence-electron chi connectivity index (χ3n) is 8.85. The van der Waals surface area contributed by atoms with Crippen LogP contribution in [0.4, 0.5) is 0 Å². The molecule has 0 aliphatic carbocycles. The van der Waals surface area contributed by atoms with Crippen LogP contribution in [0.3, 0.4) is 0 Å². The highest BCUT2D eigenvalue weighted by Crippen LogP contribution is 2.41. The molecule has 10 rings (SSSR count). The van der Waals surface area contributed by atoms with Crippen LogP contribution in [0.5, 0.6) is 0 Å². The highest BCUT2D eigenvalue weighted by molar-refractivity contribution is 7.26. The van der Waals surface area contributed by atoms with Crippen molar-refractivity contribution in [3.8, 4) is 22.9 Å². The Labute approximate surface area is 261 Å². The molecule has 0 amide bonds. The summed E-state index contributed by atoms with van der Waals surface area (Å²) in [6.07, 6.45) is 3.59. The number of rotatable bonds is 3. The Kier molecular flexibility index (Phi) is 5.09. The summed E-state index contributed by atoms with van der Waals surface area (Å²) in [4.78, 5) is 14.7. The Bertz CT molecular complexity index is 2720. The van der Waals surface area contributed by atoms with E-state index in [-0.39, 0.29) is 0 Å². The van der Waals surface area contributed by atoms with Gasteiger partial charge in [0.15, 0.2) is 11.6 Å². The van der Waals surface area contributed by atoms with Crippen LogP contribution in [0.25, 0.3) is 86.8 Å². The first-order chi connectivity index (χ1) is 22.3. The molecule has 5 aromatic heterocycles. The summed E-state index contributed by atoms with van der Waals surface area (Å²) in [7, 11) is 0. The van der Waals surface area contributed by atoms with Crippen LogP contribution in [0, 0.1) is 0 Å². The Morgan fingerprint density at radius 2 is 1.07 bits per heavy atom. The molecule has 10 aromatic rings. The number of para-hydroxylation sites is 3. The number of pyridine rings is 1. The Hall–Kier alpha value is -5.85. The van der Waals surface area contributed by atoms with E-state index in [1.165, 1.54) is 37.3 Å². The van der Waals surface area contributed by atoms with E-state index in [0.717, 1.165) is 43.7 Å². The lowest BCUT2D eigenvalue weighted by Gasteiger charge is -2.11. The molecule has 0 N–H and O–H groups in total. The molecule has 0 spiro atoms. The van der Waals surface area contributed by atoms with Gasteiger partial charge in [0.05, 0.1) is 32.3 Å². The van der Waals surface area contributed by atoms with E-state index in [1.54, 1.807) is 23.7 Å². The standard InChI is InChI=1S/C39H23N5S/c1-5-13-31-26(9-1)27-10-2-6-14-32(27)43(31)25-17-18-34-30(23-25)28-11-3-7-15-33(28)44(34)39-37-36(29-12-4-8-16-35(29)45-37)41-38(42-39)24-19-21-40-22-20-24/h1-23H. The molecule has 5 nitrogen and oxygen atoms in total. The van der Waals surface area contributed by atoms with Crippen molar-refractivity contribution >= 4 is 75.3 Å². The molecule has 5 heterocycles. The lowest BCUT2D eigenvalue weighted by molar-refractivity contribution is 1.08. The third-order valence-corrected chi connectivity index (χ3v) is 10.0. The Balaban J connectivity index is 1.31. The SMILES string of the molecule is c1ccc2c(c1)sc1c(-n3c4ccccc4c4cc(-n5c6ccccc6c6ccccc65)ccc43)nc(-c3ccncc3)nc12. The fourth-order valence-electron chi connectivity index (χ4n) is 6.89. The molecule has 0 aliphatic rings. The molecule has 0 atom stereocenters. The lowest BCUT2D eigenvalue weighted by Crippen LogP contribution is -2.01. The number of hydrogen-bond acceptors (Lipinski definition) is 4. The molecule has 0 radical (unpaired) electrons. The van der Waals surface area contributed by atoms with E-state index in [0.29, 0.717) is 5.82 Å². The van der Waals surface area contributed by atoms with Gasteiger partial charge < -0.3 is 4.57 Å². The minimum atomic E-state index is 0.691. The molecule has 45 heavy (non-hydrogen) atoms. The van der Waals surface area contributed by atoms with Gasteiger partial charge in [0.1, 0.15) is 0 Å². The van der Waals surface area contributed by atoms with Gasteiger partial charge >= 0.3 is 0 Å². The minimum absolute atomic E-state index is 0.691. The van der Waals surface area contributed by atoms with Crippen molar-refractivity contribution in [2.45, 2.75) is 0 Å². The zero-order chi connectivity index (χ0) is 29.5. The van der Waals surface area contributed by atoms with Crippen molar-refractivity contribution in [1.29, 1.82) is 0 Å². The molecule has 6 heteroatoms. The predicted molar refractivity (Wildman–Crippen MR) is 187 cm³/mol. The molecule has 210 valence electrons. The second-order valence-electron chi connectivity index (χ2n) is 11.3. The zero-order valence-electron chi connectivity index (χ0n) is 23.9. The minimum Gasteiger partial charge on any atom is -0.309 e. The van der Waals surface area contributed by atoms with Crippen molar-refractivity contribution in [2.24, 2.45) is 0 Å². The van der Waals surface area contributed by atoms with Gasteiger partial charge in [-0.05, 0) is 54.6 Å². The van der Waals surface area contributed by atoms with Crippen LogP contribution in [0.1, 0.15) is 0 Å². The van der Waals surface area contributed by atoms with Crippen molar-refractivity contribution in [2.75, 3.05) is 0 Å². The van der Waals surface area contributed by atoms with Crippen LogP contribution < -0.4 is 0 Å². The summed E-state index contributed by atoms with van der Waals surface area (Å²) < 4.78 is 6.98. The molecule has 5 aromatic carbocycles. The van der Waals surface area contributed by atoms with Gasteiger partial charge in [0.2, 0.25) is 0 Å². The fourth-order valence-corrected chi connectivity index (χ4v) is 8.01. The van der Waals surface area contributed by atoms with Gasteiger partial charge in [0.25, 0.3) is 0 Å². The van der Waals surface area contributed by atoms with Gasteiger partial charge in [-0.2, -0.15) is 0 Å². The molecular formula is C39H23N5S. The number of fused-ring (bicyclic) bond motifs is 9. The molecular weight excluding hydrogens is 571 g/mol. The second kappa shape index (κ2) is 9.32. The van der Waals surface area contributed by atoms with Crippen LogP contribution in [-0.4, -0.2) is 24.1 Å². The number of thiophene rings is 1. The first-order valence-electron chi connectivity index (χ1n) is 15.0. The average Bonchev–Trinajstić information content (AvgIpc) is 3.76. The second-order valence-corrected chi connectivity index (χ2v) is 12.4. The third kappa shape index (κ3) is 3.51. The van der Waals surface area contributed by atoms with E-state index >= 15 is 0 Å². The molecule has 0 unspecified atom stereocenters. The van der Waals surface area contributed by atoms with E-state index in [1.807, 2.05) is 12.1 Å². The fraction of sp³-hybridized carbons (Fsp3) is 0. The largest absolute Gasteiger partial charge is 0.309 e. The first kappa shape index (κ1) is 24.6. The maximum absolute atomic E-state index is 5.29. The maximum atomic E-state index is 5.29. The highest BCUT2D eigenvalue weighted by atomic mass is 32.1. The summed E-state index contributed by atoms with van der Waals surface area (Å²) in [6, 6.07) is 45.2. The molecule has 0 fully saturated rings. The van der Waals surface area contributed by atoms with Crippen LogP contribution in [0.2, 0.25) is 0 Å². The summed E-state index contributed by atoms with van der Waals surface area (Å²) >= 11 is 1.75. The molecule has 0 bridgehead atoms. The summed E-state index contributed by atoms with van der Waals surface area (Å²) in [5, 5.41) is 6.03. The van der Waals surface area contributed by atoms with E-state index in [4.69, 9.17) is 9.97 Å². The number of hydrogen-bond donors (Lipinski definition) is 0. The zero-order valence-corrected chi connectivity index (χ0v) is 24.7. The number of benzene rings is 5. The van der Waals surface area contributed by atoms with E-state index < -0.39 is 0 Å². The summed E-state index contributed by atoms with van der Waals surface area (Å²) in [5.74, 6) is 1.58. The van der Waals surface area contributed by atoms with E-state index in [9.17, 15) is 0 Å². The highest BCUT2D eigenvalue weighted by Gasteiger charge is 2.21. The van der Waals surface area contributed by atoms with Crippen molar-refractivity contribution in [1.82, 2.24) is 24.1 Å². The Morgan fingerprint density at radius 1 is 0.489 bits per heavy atom. The lowest BCUT2D eigenvalue weighted by atomic mass is 10.1. The van der Waals surface area contributed by atoms with Gasteiger partial charge in [-0.1, -0.05) is 72.8 Å². The van der Waals surface area contributed by atoms with Crippen molar-refractivity contribution in [3.05, 3.63) is 140 Å². The molecule has 0 saturated heterocycles. The molecule has 0 saturated carbocycles. The number of nitrogens with zero attached hydrogens (tertiary/aromatic N) is 5. The van der Waals surface area contributed by atoms with Gasteiger partial charge in [-0.3, -0.25) is 9.55 Å². The van der Waals surface area contributed by atoms with Crippen molar-refractivity contribution < 1.29 is 0 Å². The van der Waals surface area contributed by atoms with Crippen LogP contribution >= 0.6 is 11.3 Å². The summed E-state index contributed by atoms with van der Waals surface area (Å²) in [5.41, 5.74) is 7.68. The molecule has 0 aliphatic heterocycles. The van der Waals surface area contributed by atoms with Gasteiger partial charge in [-0.25, -0.2) is 9.97 Å².